The molecule has 1 amide bonds. The van der Waals surface area contributed by atoms with Gasteiger partial charge in [0, 0.05) is 10.4 Å². The average molecular weight is 438 g/mol. The van der Waals surface area contributed by atoms with Crippen molar-refractivity contribution in [3.63, 3.8) is 0 Å². The van der Waals surface area contributed by atoms with E-state index in [2.05, 4.69) is 26.6 Å². The van der Waals surface area contributed by atoms with Crippen LogP contribution in [-0.4, -0.2) is 26.3 Å². The third-order valence-electron chi connectivity index (χ3n) is 5.21. The Bertz CT molecular complexity index is 1090. The molecular weight excluding hydrogens is 414 g/mol. The first-order chi connectivity index (χ1) is 14.5. The summed E-state index contributed by atoms with van der Waals surface area (Å²) in [4.78, 5) is 18.5. The van der Waals surface area contributed by atoms with E-state index in [4.69, 9.17) is 0 Å². The maximum atomic E-state index is 12.8. The number of aryl methyl sites for hydroxylation is 2. The number of thioether (sulfide) groups is 1. The quantitative estimate of drug-likeness (QED) is 0.428. The van der Waals surface area contributed by atoms with Crippen LogP contribution >= 0.6 is 23.1 Å². The monoisotopic (exact) mass is 437 g/mol. The fourth-order valence-electron chi connectivity index (χ4n) is 3.51. The number of aromatic amines is 1. The molecule has 154 valence electrons. The number of hydrogen-bond acceptors (Lipinski definition) is 6. The number of H-pyrrole nitrogens is 1. The van der Waals surface area contributed by atoms with Crippen LogP contribution in [-0.2, 0) is 17.6 Å². The number of nitrogens with one attached hydrogen (secondary N) is 2. The Hall–Kier alpha value is -2.63. The van der Waals surface area contributed by atoms with Crippen molar-refractivity contribution in [2.45, 2.75) is 56.4 Å². The number of nitriles is 1. The van der Waals surface area contributed by atoms with E-state index in [9.17, 15) is 10.1 Å². The molecule has 2 heterocycles. The molecule has 2 aromatic heterocycles. The van der Waals surface area contributed by atoms with E-state index in [0.717, 1.165) is 36.8 Å². The van der Waals surface area contributed by atoms with Gasteiger partial charge in [0.15, 0.2) is 5.82 Å². The molecule has 0 aliphatic heterocycles. The summed E-state index contributed by atoms with van der Waals surface area (Å²) < 4.78 is 0. The van der Waals surface area contributed by atoms with Crippen molar-refractivity contribution in [2.24, 2.45) is 0 Å². The molecule has 4 rings (SSSR count). The van der Waals surface area contributed by atoms with Crippen LogP contribution in [0.5, 0.6) is 0 Å². The highest BCUT2D eigenvalue weighted by molar-refractivity contribution is 8.00. The maximum absolute atomic E-state index is 12.8. The normalized spacial score (nSPS) is 14.4. The molecular formula is C22H23N5OS2. The van der Waals surface area contributed by atoms with Gasteiger partial charge in [0.25, 0.3) is 0 Å². The van der Waals surface area contributed by atoms with E-state index in [1.165, 1.54) is 28.6 Å². The van der Waals surface area contributed by atoms with Gasteiger partial charge >= 0.3 is 0 Å². The number of benzene rings is 1. The topological polar surface area (TPSA) is 94.5 Å². The minimum Gasteiger partial charge on any atom is -0.316 e. The lowest BCUT2D eigenvalue weighted by Gasteiger charge is -2.09. The predicted molar refractivity (Wildman–Crippen MR) is 121 cm³/mol. The molecule has 0 bridgehead atoms. The van der Waals surface area contributed by atoms with E-state index in [0.29, 0.717) is 21.5 Å². The van der Waals surface area contributed by atoms with Crippen LogP contribution in [0.25, 0.3) is 11.4 Å². The van der Waals surface area contributed by atoms with Gasteiger partial charge in [0.1, 0.15) is 11.1 Å². The van der Waals surface area contributed by atoms with Gasteiger partial charge in [-0.15, -0.1) is 16.4 Å². The van der Waals surface area contributed by atoms with Gasteiger partial charge in [-0.2, -0.15) is 5.26 Å². The molecule has 1 aliphatic rings. The fraction of sp³-hybridized carbons (Fsp3) is 0.364. The van der Waals surface area contributed by atoms with Crippen molar-refractivity contribution in [3.8, 4) is 17.5 Å². The lowest BCUT2D eigenvalue weighted by Crippen LogP contribution is -2.22. The smallest absolute Gasteiger partial charge is 0.238 e. The first kappa shape index (κ1) is 20.6. The summed E-state index contributed by atoms with van der Waals surface area (Å²) in [6.45, 7) is 3.86. The average Bonchev–Trinajstić information content (AvgIpc) is 3.25. The van der Waals surface area contributed by atoms with E-state index in [1.54, 1.807) is 11.3 Å². The van der Waals surface area contributed by atoms with Gasteiger partial charge in [-0.1, -0.05) is 48.0 Å². The van der Waals surface area contributed by atoms with Gasteiger partial charge < -0.3 is 5.32 Å². The number of anilines is 1. The third-order valence-corrected chi connectivity index (χ3v) is 7.38. The van der Waals surface area contributed by atoms with Crippen LogP contribution in [0.15, 0.2) is 29.4 Å². The second-order valence-corrected chi connectivity index (χ2v) is 9.88. The Morgan fingerprint density at radius 2 is 2.03 bits per heavy atom. The van der Waals surface area contributed by atoms with Gasteiger partial charge in [-0.05, 0) is 45.1 Å². The molecule has 0 fully saturated rings. The molecule has 2 N–H and O–H groups in total. The summed E-state index contributed by atoms with van der Waals surface area (Å²) in [5.41, 5.74) is 3.91. The number of hydrogen-bond donors (Lipinski definition) is 2. The first-order valence-corrected chi connectivity index (χ1v) is 11.8. The van der Waals surface area contributed by atoms with Crippen LogP contribution in [0, 0.1) is 18.3 Å². The molecule has 6 nitrogen and oxygen atoms in total. The summed E-state index contributed by atoms with van der Waals surface area (Å²) >= 11 is 2.85. The number of rotatable bonds is 5. The molecule has 1 atom stereocenters. The van der Waals surface area contributed by atoms with Crippen molar-refractivity contribution >= 4 is 34.0 Å². The third kappa shape index (κ3) is 4.42. The summed E-state index contributed by atoms with van der Waals surface area (Å²) in [6, 6.07) is 10.3. The molecule has 0 radical (unpaired) electrons. The number of aromatic nitrogens is 3. The number of fused-ring (bicyclic) bond motifs is 1. The number of carbonyl (C=O) groups excluding carboxylic acids is 1. The molecule has 8 heteroatoms. The number of thiophene rings is 1. The van der Waals surface area contributed by atoms with E-state index in [1.807, 2.05) is 38.1 Å². The SMILES string of the molecule is Cc1ccc(-c2nc(SC(C)C(=O)Nc3sc4c(c3C#N)CCCCC4)n[nH]2)cc1. The van der Waals surface area contributed by atoms with Crippen LogP contribution in [0.2, 0.25) is 0 Å². The van der Waals surface area contributed by atoms with Crippen molar-refractivity contribution in [1.82, 2.24) is 15.2 Å². The van der Waals surface area contributed by atoms with Crippen molar-refractivity contribution in [1.29, 1.82) is 5.26 Å². The zero-order chi connectivity index (χ0) is 21.1. The molecule has 1 unspecified atom stereocenters. The minimum atomic E-state index is -0.389. The summed E-state index contributed by atoms with van der Waals surface area (Å²) in [7, 11) is 0. The largest absolute Gasteiger partial charge is 0.316 e. The molecule has 1 aliphatic carbocycles. The number of amides is 1. The maximum Gasteiger partial charge on any atom is 0.238 e. The van der Waals surface area contributed by atoms with Crippen molar-refractivity contribution in [2.75, 3.05) is 5.32 Å². The van der Waals surface area contributed by atoms with Crippen LogP contribution in [0.4, 0.5) is 5.00 Å². The molecule has 1 aromatic carbocycles. The Labute approximate surface area is 184 Å². The zero-order valence-electron chi connectivity index (χ0n) is 17.0. The Morgan fingerprint density at radius 3 is 2.80 bits per heavy atom. The van der Waals surface area contributed by atoms with Crippen molar-refractivity contribution in [3.05, 3.63) is 45.8 Å². The van der Waals surface area contributed by atoms with Gasteiger partial charge in [-0.3, -0.25) is 9.89 Å². The van der Waals surface area contributed by atoms with E-state index < -0.39 is 0 Å². The molecule has 0 saturated carbocycles. The molecule has 0 saturated heterocycles. The fourth-order valence-corrected chi connectivity index (χ4v) is 5.48. The second-order valence-electron chi connectivity index (χ2n) is 7.46. The Balaban J connectivity index is 1.44. The highest BCUT2D eigenvalue weighted by Gasteiger charge is 2.23. The summed E-state index contributed by atoms with van der Waals surface area (Å²) in [5, 5.41) is 20.6. The van der Waals surface area contributed by atoms with Crippen molar-refractivity contribution < 1.29 is 4.79 Å². The van der Waals surface area contributed by atoms with Gasteiger partial charge in [0.05, 0.1) is 10.8 Å². The summed E-state index contributed by atoms with van der Waals surface area (Å²) in [5.74, 6) is 0.536. The van der Waals surface area contributed by atoms with E-state index in [-0.39, 0.29) is 11.2 Å². The second kappa shape index (κ2) is 9.02. The highest BCUT2D eigenvalue weighted by Crippen LogP contribution is 2.37. The Morgan fingerprint density at radius 1 is 1.27 bits per heavy atom. The first-order valence-electron chi connectivity index (χ1n) is 10.1. The Kier molecular flexibility index (Phi) is 6.21. The standard InChI is InChI=1S/C22H23N5OS2/c1-13-8-10-15(11-9-13)19-24-22(27-26-19)29-14(2)20(28)25-21-17(12-23)16-6-4-3-5-7-18(16)30-21/h8-11,14H,3-7H2,1-2H3,(H,25,28)(H,24,26,27). The van der Waals surface area contributed by atoms with Gasteiger partial charge in [-0.25, -0.2) is 4.98 Å². The molecule has 30 heavy (non-hydrogen) atoms. The number of carbonyl (C=O) groups is 1. The van der Waals surface area contributed by atoms with Crippen LogP contribution in [0.1, 0.15) is 47.8 Å². The minimum absolute atomic E-state index is 0.144. The van der Waals surface area contributed by atoms with Gasteiger partial charge in [0.2, 0.25) is 11.1 Å². The lowest BCUT2D eigenvalue weighted by molar-refractivity contribution is -0.115. The summed E-state index contributed by atoms with van der Waals surface area (Å²) in [6.07, 6.45) is 5.36. The lowest BCUT2D eigenvalue weighted by atomic mass is 10.1. The van der Waals surface area contributed by atoms with Crippen LogP contribution < -0.4 is 5.32 Å². The highest BCUT2D eigenvalue weighted by atomic mass is 32.2. The van der Waals surface area contributed by atoms with E-state index >= 15 is 0 Å². The zero-order valence-corrected chi connectivity index (χ0v) is 18.6. The molecule has 0 spiro atoms. The van der Waals surface area contributed by atoms with Crippen LogP contribution in [0.3, 0.4) is 0 Å². The predicted octanol–water partition coefficient (Wildman–Crippen LogP) is 5.10. The molecule has 3 aromatic rings. The number of nitrogens with zero attached hydrogens (tertiary/aromatic N) is 3.